The number of benzene rings is 1. The molecule has 0 amide bonds. The summed E-state index contributed by atoms with van der Waals surface area (Å²) in [5.41, 5.74) is 1.19. The van der Waals surface area contributed by atoms with Crippen LogP contribution in [-0.4, -0.2) is 16.5 Å². The summed E-state index contributed by atoms with van der Waals surface area (Å²) in [7, 11) is 1.73. The van der Waals surface area contributed by atoms with Gasteiger partial charge in [0.05, 0.1) is 15.9 Å². The molecule has 0 spiro atoms. The number of pyridine rings is 1. The van der Waals surface area contributed by atoms with E-state index in [1.807, 2.05) is 0 Å². The predicted molar refractivity (Wildman–Crippen MR) is 87.8 cm³/mol. The molecular weight excluding hydrogens is 406 g/mol. The van der Waals surface area contributed by atoms with E-state index in [-0.39, 0.29) is 17.8 Å². The lowest BCUT2D eigenvalue weighted by atomic mass is 10.1. The molecule has 0 saturated carbocycles. The zero-order valence-electron chi connectivity index (χ0n) is 11.0. The minimum atomic E-state index is -0.456. The van der Waals surface area contributed by atoms with Crippen molar-refractivity contribution in [3.05, 3.63) is 65.4 Å². The third kappa shape index (κ3) is 3.51. The first-order valence-corrected chi connectivity index (χ1v) is 7.51. The van der Waals surface area contributed by atoms with E-state index in [1.165, 1.54) is 16.7 Å². The first-order valence-electron chi connectivity index (χ1n) is 5.93. The summed E-state index contributed by atoms with van der Waals surface area (Å²) in [5, 5.41) is 13.9. The summed E-state index contributed by atoms with van der Waals surface area (Å²) >= 11 is 6.52. The van der Waals surface area contributed by atoms with Crippen molar-refractivity contribution in [3.63, 3.8) is 0 Å². The van der Waals surface area contributed by atoms with Crippen LogP contribution in [0.5, 0.6) is 0 Å². The molecule has 6 nitrogen and oxygen atoms in total. The molecule has 1 aromatic heterocycles. The molecule has 2 aromatic rings. The molecule has 0 atom stereocenters. The van der Waals surface area contributed by atoms with E-state index in [9.17, 15) is 14.9 Å². The van der Waals surface area contributed by atoms with Gasteiger partial charge < -0.3 is 9.88 Å². The largest absolute Gasteiger partial charge is 0.388 e. The zero-order valence-corrected chi connectivity index (χ0v) is 14.1. The van der Waals surface area contributed by atoms with Crippen LogP contribution in [0.25, 0.3) is 0 Å². The normalized spacial score (nSPS) is 10.4. The lowest BCUT2D eigenvalue weighted by Crippen LogP contribution is -2.21. The number of hydrogen-bond donors (Lipinski definition) is 1. The number of non-ortho nitro benzene ring substituents is 1. The van der Waals surface area contributed by atoms with Crippen molar-refractivity contribution in [3.8, 4) is 0 Å². The number of nitro benzene ring substituents is 1. The molecule has 0 aliphatic heterocycles. The number of rotatable bonds is 4. The van der Waals surface area contributed by atoms with Crippen molar-refractivity contribution in [1.29, 1.82) is 0 Å². The summed E-state index contributed by atoms with van der Waals surface area (Å²) in [5.74, 6) is 0. The number of anilines is 1. The van der Waals surface area contributed by atoms with Gasteiger partial charge in [-0.3, -0.25) is 14.9 Å². The monoisotopic (exact) mass is 415 g/mol. The van der Waals surface area contributed by atoms with Crippen molar-refractivity contribution in [2.24, 2.45) is 0 Å². The second kappa shape index (κ2) is 6.40. The molecule has 1 heterocycles. The Hall–Kier alpha value is -1.67. The van der Waals surface area contributed by atoms with E-state index in [4.69, 9.17) is 0 Å². The second-order valence-electron chi connectivity index (χ2n) is 4.29. The summed E-state index contributed by atoms with van der Waals surface area (Å²) in [6.07, 6.45) is 1.64. The molecule has 0 aliphatic carbocycles. The highest BCUT2D eigenvalue weighted by Crippen LogP contribution is 2.23. The van der Waals surface area contributed by atoms with Crippen LogP contribution >= 0.6 is 31.9 Å². The van der Waals surface area contributed by atoms with Crippen LogP contribution in [0.1, 0.15) is 5.56 Å². The molecule has 0 bridgehead atoms. The number of halogens is 2. The van der Waals surface area contributed by atoms with Crippen molar-refractivity contribution in [1.82, 2.24) is 4.57 Å². The maximum absolute atomic E-state index is 12.1. The van der Waals surface area contributed by atoms with Crippen LogP contribution in [0.3, 0.4) is 0 Å². The van der Waals surface area contributed by atoms with Crippen LogP contribution in [0.2, 0.25) is 0 Å². The average Bonchev–Trinajstić information content (AvgIpc) is 2.44. The molecule has 1 aromatic carbocycles. The van der Waals surface area contributed by atoms with Crippen LogP contribution in [0.15, 0.2) is 44.2 Å². The van der Waals surface area contributed by atoms with Crippen LogP contribution < -0.4 is 10.9 Å². The maximum atomic E-state index is 12.1. The Balaban J connectivity index is 2.50. The van der Waals surface area contributed by atoms with Gasteiger partial charge >= 0.3 is 0 Å². The molecule has 0 unspecified atom stereocenters. The fourth-order valence-corrected chi connectivity index (χ4v) is 3.19. The van der Waals surface area contributed by atoms with Gasteiger partial charge in [-0.2, -0.15) is 0 Å². The molecule has 0 saturated heterocycles. The first-order chi connectivity index (χ1) is 9.92. The van der Waals surface area contributed by atoms with Gasteiger partial charge in [0.15, 0.2) is 0 Å². The molecule has 0 fully saturated rings. The fraction of sp³-hybridized carbons (Fsp3) is 0.154. The molecule has 2 rings (SSSR count). The SMILES string of the molecule is CNc1ccc([N+](=O)[O-])cc1Cn1cc(Br)cc(Br)c1=O. The number of nitro groups is 1. The van der Waals surface area contributed by atoms with Gasteiger partial charge in [-0.05, 0) is 44.0 Å². The highest BCUT2D eigenvalue weighted by atomic mass is 79.9. The van der Waals surface area contributed by atoms with Gasteiger partial charge in [0.1, 0.15) is 0 Å². The first kappa shape index (κ1) is 15.7. The van der Waals surface area contributed by atoms with Gasteiger partial charge in [-0.25, -0.2) is 0 Å². The topological polar surface area (TPSA) is 77.2 Å². The minimum Gasteiger partial charge on any atom is -0.388 e. The lowest BCUT2D eigenvalue weighted by Gasteiger charge is -2.11. The Labute approximate surface area is 137 Å². The Morgan fingerprint density at radius 1 is 1.33 bits per heavy atom. The quantitative estimate of drug-likeness (QED) is 0.612. The summed E-state index contributed by atoms with van der Waals surface area (Å²) in [6.45, 7) is 0.231. The molecule has 8 heteroatoms. The standard InChI is InChI=1S/C13H11Br2N3O3/c1-16-12-3-2-10(18(20)21)4-8(12)6-17-7-9(14)5-11(15)13(17)19/h2-5,7,16H,6H2,1H3. The van der Waals surface area contributed by atoms with Gasteiger partial charge in [0, 0.05) is 41.1 Å². The summed E-state index contributed by atoms with van der Waals surface area (Å²) in [6, 6.07) is 6.18. The van der Waals surface area contributed by atoms with Crippen LogP contribution in [0, 0.1) is 10.1 Å². The fourth-order valence-electron chi connectivity index (χ4n) is 1.93. The number of hydrogen-bond acceptors (Lipinski definition) is 4. The van der Waals surface area contributed by atoms with E-state index >= 15 is 0 Å². The maximum Gasteiger partial charge on any atom is 0.269 e. The molecular formula is C13H11Br2N3O3. The second-order valence-corrected chi connectivity index (χ2v) is 6.06. The molecule has 21 heavy (non-hydrogen) atoms. The van der Waals surface area contributed by atoms with Gasteiger partial charge in [-0.1, -0.05) is 0 Å². The molecule has 0 radical (unpaired) electrons. The third-order valence-corrected chi connectivity index (χ3v) is 3.92. The highest BCUT2D eigenvalue weighted by Gasteiger charge is 2.12. The Bertz CT molecular complexity index is 759. The van der Waals surface area contributed by atoms with Crippen LogP contribution in [0.4, 0.5) is 11.4 Å². The van der Waals surface area contributed by atoms with E-state index in [0.29, 0.717) is 10.0 Å². The van der Waals surface area contributed by atoms with Gasteiger partial charge in [-0.15, -0.1) is 0 Å². The molecule has 110 valence electrons. The third-order valence-electron chi connectivity index (χ3n) is 2.92. The highest BCUT2D eigenvalue weighted by molar-refractivity contribution is 9.11. The number of nitrogens with zero attached hydrogens (tertiary/aromatic N) is 2. The van der Waals surface area contributed by atoms with E-state index in [1.54, 1.807) is 25.4 Å². The number of aromatic nitrogens is 1. The van der Waals surface area contributed by atoms with E-state index in [0.717, 1.165) is 10.2 Å². The Morgan fingerprint density at radius 3 is 2.67 bits per heavy atom. The molecule has 0 aliphatic rings. The summed E-state index contributed by atoms with van der Waals surface area (Å²) < 4.78 is 2.65. The summed E-state index contributed by atoms with van der Waals surface area (Å²) in [4.78, 5) is 22.5. The number of nitrogens with one attached hydrogen (secondary N) is 1. The Morgan fingerprint density at radius 2 is 2.05 bits per heavy atom. The average molecular weight is 417 g/mol. The van der Waals surface area contributed by atoms with E-state index in [2.05, 4.69) is 37.2 Å². The smallest absolute Gasteiger partial charge is 0.269 e. The van der Waals surface area contributed by atoms with Crippen LogP contribution in [-0.2, 0) is 6.54 Å². The Kier molecular flexibility index (Phi) is 4.79. The minimum absolute atomic E-state index is 0.00823. The van der Waals surface area contributed by atoms with Crippen molar-refractivity contribution in [2.45, 2.75) is 6.54 Å². The lowest BCUT2D eigenvalue weighted by molar-refractivity contribution is -0.384. The van der Waals surface area contributed by atoms with E-state index < -0.39 is 4.92 Å². The van der Waals surface area contributed by atoms with Gasteiger partial charge in [0.2, 0.25) is 0 Å². The predicted octanol–water partition coefficient (Wildman–Crippen LogP) is 3.37. The van der Waals surface area contributed by atoms with Gasteiger partial charge in [0.25, 0.3) is 11.2 Å². The van der Waals surface area contributed by atoms with Crippen molar-refractivity contribution in [2.75, 3.05) is 12.4 Å². The zero-order chi connectivity index (χ0) is 15.6. The molecule has 1 N–H and O–H groups in total. The van der Waals surface area contributed by atoms with Crippen molar-refractivity contribution < 1.29 is 4.92 Å². The van der Waals surface area contributed by atoms with Crippen molar-refractivity contribution >= 4 is 43.2 Å².